The summed E-state index contributed by atoms with van der Waals surface area (Å²) < 4.78 is 0. The maximum Gasteiger partial charge on any atom is -0.0234 e. The van der Waals surface area contributed by atoms with E-state index in [1.807, 2.05) is 0 Å². The van der Waals surface area contributed by atoms with Crippen LogP contribution in [-0.4, -0.2) is 0 Å². The average Bonchev–Trinajstić information content (AvgIpc) is 2.75. The normalized spacial score (nSPS) is 17.9. The number of hydrogen-bond acceptors (Lipinski definition) is 0. The van der Waals surface area contributed by atoms with Crippen molar-refractivity contribution in [3.63, 3.8) is 0 Å². The van der Waals surface area contributed by atoms with Gasteiger partial charge in [-0.25, -0.2) is 0 Å². The molecule has 0 radical (unpaired) electrons. The molecule has 1 saturated carbocycles. The monoisotopic (exact) mass is 208 g/mol. The molecule has 15 heavy (non-hydrogen) atoms. The molecule has 0 atom stereocenters. The number of unbranched alkanes of at least 4 members (excludes halogenated alkanes) is 6. The summed E-state index contributed by atoms with van der Waals surface area (Å²) in [5.41, 5.74) is 0. The summed E-state index contributed by atoms with van der Waals surface area (Å²) in [6.07, 6.45) is 20.6. The Morgan fingerprint density at radius 1 is 0.933 bits per heavy atom. The van der Waals surface area contributed by atoms with Gasteiger partial charge in [0.2, 0.25) is 0 Å². The molecule has 0 aromatic rings. The molecule has 1 aliphatic carbocycles. The van der Waals surface area contributed by atoms with E-state index in [1.54, 1.807) is 0 Å². The molecule has 0 spiro atoms. The van der Waals surface area contributed by atoms with Gasteiger partial charge in [-0.05, 0) is 31.6 Å². The topological polar surface area (TPSA) is 0 Å². The van der Waals surface area contributed by atoms with Crippen LogP contribution in [0.4, 0.5) is 0 Å². The lowest BCUT2D eigenvalue weighted by Gasteiger charge is -2.00. The van der Waals surface area contributed by atoms with Gasteiger partial charge in [-0.3, -0.25) is 0 Å². The fraction of sp³-hybridized carbons (Fsp3) is 0.867. The van der Waals surface area contributed by atoms with Crippen LogP contribution in [0.15, 0.2) is 12.2 Å². The summed E-state index contributed by atoms with van der Waals surface area (Å²) in [7, 11) is 0. The molecule has 0 unspecified atom stereocenters. The largest absolute Gasteiger partial charge is 0.0883 e. The molecule has 0 heteroatoms. The highest BCUT2D eigenvalue weighted by Crippen LogP contribution is 2.25. The third kappa shape index (κ3) is 6.76. The molecule has 1 fully saturated rings. The predicted octanol–water partition coefficient (Wildman–Crippen LogP) is 5.48. The Balaban J connectivity index is 1.83. The molecule has 1 aliphatic rings. The first kappa shape index (κ1) is 12.8. The van der Waals surface area contributed by atoms with Gasteiger partial charge in [-0.15, -0.1) is 0 Å². The molecule has 0 bridgehead atoms. The molecule has 0 aromatic carbocycles. The summed E-state index contributed by atoms with van der Waals surface area (Å²) in [5.74, 6) is 0.935. The first-order valence-electron chi connectivity index (χ1n) is 7.10. The molecule has 0 N–H and O–H groups in total. The Morgan fingerprint density at radius 2 is 1.60 bits per heavy atom. The standard InChI is InChI=1S/C15H28/c1-2-3-4-5-6-7-8-9-12-15-13-10-11-14-15/h9,12,15H,2-8,10-11,13-14H2,1H3. The van der Waals surface area contributed by atoms with Crippen molar-refractivity contribution < 1.29 is 0 Å². The molecular formula is C15H28. The second kappa shape index (κ2) is 9.00. The highest BCUT2D eigenvalue weighted by Gasteiger charge is 2.10. The van der Waals surface area contributed by atoms with E-state index in [2.05, 4.69) is 19.1 Å². The maximum absolute atomic E-state index is 2.49. The summed E-state index contributed by atoms with van der Waals surface area (Å²) in [4.78, 5) is 0. The summed E-state index contributed by atoms with van der Waals surface area (Å²) in [6.45, 7) is 2.28. The van der Waals surface area contributed by atoms with Gasteiger partial charge in [-0.1, -0.05) is 64.0 Å². The van der Waals surface area contributed by atoms with Gasteiger partial charge in [0.1, 0.15) is 0 Å². The second-order valence-electron chi connectivity index (χ2n) is 5.03. The quantitative estimate of drug-likeness (QED) is 0.366. The van der Waals surface area contributed by atoms with Crippen molar-refractivity contribution in [3.05, 3.63) is 12.2 Å². The Morgan fingerprint density at radius 3 is 2.33 bits per heavy atom. The van der Waals surface area contributed by atoms with E-state index in [9.17, 15) is 0 Å². The van der Waals surface area contributed by atoms with Crippen LogP contribution in [0.2, 0.25) is 0 Å². The molecule has 0 aliphatic heterocycles. The van der Waals surface area contributed by atoms with Crippen LogP contribution < -0.4 is 0 Å². The predicted molar refractivity (Wildman–Crippen MR) is 69.1 cm³/mol. The first-order chi connectivity index (χ1) is 7.43. The van der Waals surface area contributed by atoms with Crippen molar-refractivity contribution >= 4 is 0 Å². The van der Waals surface area contributed by atoms with Crippen LogP contribution in [0.5, 0.6) is 0 Å². The Bertz CT molecular complexity index is 151. The highest BCUT2D eigenvalue weighted by atomic mass is 14.2. The van der Waals surface area contributed by atoms with Crippen LogP contribution in [-0.2, 0) is 0 Å². The van der Waals surface area contributed by atoms with Crippen molar-refractivity contribution in [1.29, 1.82) is 0 Å². The lowest BCUT2D eigenvalue weighted by molar-refractivity contribution is 0.609. The van der Waals surface area contributed by atoms with Gasteiger partial charge in [0, 0.05) is 0 Å². The summed E-state index contributed by atoms with van der Waals surface area (Å²) >= 11 is 0. The minimum Gasteiger partial charge on any atom is -0.0883 e. The Hall–Kier alpha value is -0.260. The van der Waals surface area contributed by atoms with Gasteiger partial charge in [0.05, 0.1) is 0 Å². The number of allylic oxidation sites excluding steroid dienone is 2. The Labute approximate surface area is 96.2 Å². The lowest BCUT2D eigenvalue weighted by Crippen LogP contribution is -1.85. The van der Waals surface area contributed by atoms with Gasteiger partial charge in [-0.2, -0.15) is 0 Å². The number of rotatable bonds is 8. The summed E-state index contributed by atoms with van der Waals surface area (Å²) in [5, 5.41) is 0. The molecule has 0 heterocycles. The van der Waals surface area contributed by atoms with Crippen LogP contribution in [0.1, 0.15) is 77.6 Å². The second-order valence-corrected chi connectivity index (χ2v) is 5.03. The van der Waals surface area contributed by atoms with Crippen LogP contribution in [0.3, 0.4) is 0 Å². The van der Waals surface area contributed by atoms with Gasteiger partial charge in [0.15, 0.2) is 0 Å². The van der Waals surface area contributed by atoms with Gasteiger partial charge < -0.3 is 0 Å². The first-order valence-corrected chi connectivity index (χ1v) is 7.10. The van der Waals surface area contributed by atoms with Crippen molar-refractivity contribution in [2.45, 2.75) is 77.6 Å². The molecule has 0 amide bonds. The Kier molecular flexibility index (Phi) is 7.69. The highest BCUT2D eigenvalue weighted by molar-refractivity contribution is 4.90. The fourth-order valence-electron chi connectivity index (χ4n) is 2.48. The smallest absolute Gasteiger partial charge is 0.0234 e. The SMILES string of the molecule is CCCCCCCCC=CC1CCCC1. The molecule has 0 saturated heterocycles. The van der Waals surface area contributed by atoms with E-state index >= 15 is 0 Å². The van der Waals surface area contributed by atoms with E-state index in [0.29, 0.717) is 0 Å². The van der Waals surface area contributed by atoms with E-state index in [1.165, 1.54) is 70.6 Å². The van der Waals surface area contributed by atoms with Gasteiger partial charge >= 0.3 is 0 Å². The average molecular weight is 208 g/mol. The van der Waals surface area contributed by atoms with E-state index in [0.717, 1.165) is 5.92 Å². The van der Waals surface area contributed by atoms with Crippen molar-refractivity contribution in [1.82, 2.24) is 0 Å². The molecule has 0 aromatic heterocycles. The van der Waals surface area contributed by atoms with Crippen molar-refractivity contribution in [2.75, 3.05) is 0 Å². The molecule has 0 nitrogen and oxygen atoms in total. The van der Waals surface area contributed by atoms with Crippen LogP contribution in [0.25, 0.3) is 0 Å². The minimum atomic E-state index is 0.935. The van der Waals surface area contributed by atoms with E-state index in [4.69, 9.17) is 0 Å². The molecule has 1 rings (SSSR count). The zero-order valence-corrected chi connectivity index (χ0v) is 10.5. The zero-order valence-electron chi connectivity index (χ0n) is 10.5. The third-order valence-electron chi connectivity index (χ3n) is 3.53. The van der Waals surface area contributed by atoms with Crippen LogP contribution in [0, 0.1) is 5.92 Å². The molecule has 88 valence electrons. The lowest BCUT2D eigenvalue weighted by atomic mass is 10.1. The van der Waals surface area contributed by atoms with Gasteiger partial charge in [0.25, 0.3) is 0 Å². The van der Waals surface area contributed by atoms with E-state index < -0.39 is 0 Å². The van der Waals surface area contributed by atoms with Crippen LogP contribution >= 0.6 is 0 Å². The zero-order chi connectivity index (χ0) is 10.8. The van der Waals surface area contributed by atoms with Crippen molar-refractivity contribution in [3.8, 4) is 0 Å². The maximum atomic E-state index is 2.49. The summed E-state index contributed by atoms with van der Waals surface area (Å²) in [6, 6.07) is 0. The minimum absolute atomic E-state index is 0.935. The molecular weight excluding hydrogens is 180 g/mol. The van der Waals surface area contributed by atoms with Crippen molar-refractivity contribution in [2.24, 2.45) is 5.92 Å². The third-order valence-corrected chi connectivity index (χ3v) is 3.53. The number of hydrogen-bond donors (Lipinski definition) is 0. The van der Waals surface area contributed by atoms with E-state index in [-0.39, 0.29) is 0 Å². The fourth-order valence-corrected chi connectivity index (χ4v) is 2.48.